The van der Waals surface area contributed by atoms with Crippen molar-refractivity contribution < 1.29 is 0 Å². The Kier molecular flexibility index (Phi) is 5.37. The quantitative estimate of drug-likeness (QED) is 0.741. The van der Waals surface area contributed by atoms with Crippen LogP contribution in [0.2, 0.25) is 0 Å². The highest BCUT2D eigenvalue weighted by molar-refractivity contribution is 9.10. The standard InChI is InChI=1S/C17H19BrN2S/c1-11-4-9-16(12(2)10-11)13(3)19-17(21)20-15-7-5-14(18)6-8-15/h4-10,13H,1-3H3,(H2,19,20,21)/t13-/m1/s1. The van der Waals surface area contributed by atoms with Crippen molar-refractivity contribution in [2.75, 3.05) is 5.32 Å². The summed E-state index contributed by atoms with van der Waals surface area (Å²) in [6.07, 6.45) is 0. The first-order valence-corrected chi connectivity index (χ1v) is 8.06. The molecule has 1 atom stereocenters. The molecule has 2 aromatic carbocycles. The number of halogens is 1. The lowest BCUT2D eigenvalue weighted by Crippen LogP contribution is -2.31. The first-order chi connectivity index (χ1) is 9.95. The average Bonchev–Trinajstić information content (AvgIpc) is 2.41. The van der Waals surface area contributed by atoms with Gasteiger partial charge in [0.15, 0.2) is 5.11 Å². The number of anilines is 1. The van der Waals surface area contributed by atoms with Gasteiger partial charge in [0.2, 0.25) is 0 Å². The van der Waals surface area contributed by atoms with Gasteiger partial charge in [0.05, 0.1) is 6.04 Å². The first kappa shape index (κ1) is 16.0. The van der Waals surface area contributed by atoms with Crippen molar-refractivity contribution >= 4 is 38.9 Å². The normalized spacial score (nSPS) is 11.8. The Balaban J connectivity index is 2.00. The third-order valence-electron chi connectivity index (χ3n) is 3.34. The Morgan fingerprint density at radius 2 is 1.76 bits per heavy atom. The van der Waals surface area contributed by atoms with E-state index >= 15 is 0 Å². The van der Waals surface area contributed by atoms with Crippen LogP contribution in [0.4, 0.5) is 5.69 Å². The lowest BCUT2D eigenvalue weighted by atomic mass is 10.0. The number of thiocarbonyl (C=S) groups is 1. The summed E-state index contributed by atoms with van der Waals surface area (Å²) in [7, 11) is 0. The zero-order valence-corrected chi connectivity index (χ0v) is 14.8. The molecule has 0 aromatic heterocycles. The predicted molar refractivity (Wildman–Crippen MR) is 97.8 cm³/mol. The molecule has 0 amide bonds. The number of hydrogen-bond donors (Lipinski definition) is 2. The second-order valence-electron chi connectivity index (χ2n) is 5.19. The van der Waals surface area contributed by atoms with E-state index in [9.17, 15) is 0 Å². The predicted octanol–water partition coefficient (Wildman–Crippen LogP) is 5.11. The topological polar surface area (TPSA) is 24.1 Å². The van der Waals surface area contributed by atoms with Gasteiger partial charge in [-0.3, -0.25) is 0 Å². The second-order valence-corrected chi connectivity index (χ2v) is 6.51. The van der Waals surface area contributed by atoms with Crippen molar-refractivity contribution in [1.82, 2.24) is 5.32 Å². The lowest BCUT2D eigenvalue weighted by molar-refractivity contribution is 0.717. The van der Waals surface area contributed by atoms with Crippen molar-refractivity contribution in [3.63, 3.8) is 0 Å². The summed E-state index contributed by atoms with van der Waals surface area (Å²) < 4.78 is 1.05. The number of hydrogen-bond acceptors (Lipinski definition) is 1. The van der Waals surface area contributed by atoms with E-state index in [-0.39, 0.29) is 6.04 Å². The zero-order chi connectivity index (χ0) is 15.4. The summed E-state index contributed by atoms with van der Waals surface area (Å²) in [5.74, 6) is 0. The van der Waals surface area contributed by atoms with Gasteiger partial charge >= 0.3 is 0 Å². The minimum atomic E-state index is 0.168. The van der Waals surface area contributed by atoms with E-state index in [1.54, 1.807) is 0 Å². The molecular weight excluding hydrogens is 344 g/mol. The van der Waals surface area contributed by atoms with Crippen LogP contribution in [0.5, 0.6) is 0 Å². The summed E-state index contributed by atoms with van der Waals surface area (Å²) in [5, 5.41) is 7.16. The highest BCUT2D eigenvalue weighted by atomic mass is 79.9. The molecule has 0 fully saturated rings. The maximum atomic E-state index is 5.38. The van der Waals surface area contributed by atoms with E-state index in [1.807, 2.05) is 24.3 Å². The van der Waals surface area contributed by atoms with Gasteiger partial charge in [-0.05, 0) is 68.4 Å². The molecule has 0 aliphatic heterocycles. The van der Waals surface area contributed by atoms with Gasteiger partial charge in [0, 0.05) is 10.2 Å². The van der Waals surface area contributed by atoms with Crippen molar-refractivity contribution in [1.29, 1.82) is 0 Å². The molecule has 0 radical (unpaired) electrons. The second kappa shape index (κ2) is 7.05. The Morgan fingerprint density at radius 3 is 2.38 bits per heavy atom. The lowest BCUT2D eigenvalue weighted by Gasteiger charge is -2.19. The smallest absolute Gasteiger partial charge is 0.171 e. The van der Waals surface area contributed by atoms with Gasteiger partial charge in [-0.2, -0.15) is 0 Å². The van der Waals surface area contributed by atoms with Crippen molar-refractivity contribution in [2.24, 2.45) is 0 Å². The summed E-state index contributed by atoms with van der Waals surface area (Å²) in [5.41, 5.74) is 4.80. The Labute approximate surface area is 140 Å². The number of aryl methyl sites for hydroxylation is 2. The van der Waals surface area contributed by atoms with Gasteiger partial charge in [0.1, 0.15) is 0 Å². The average molecular weight is 363 g/mol. The van der Waals surface area contributed by atoms with Gasteiger partial charge in [0.25, 0.3) is 0 Å². The van der Waals surface area contributed by atoms with Crippen molar-refractivity contribution in [3.8, 4) is 0 Å². The fourth-order valence-electron chi connectivity index (χ4n) is 2.29. The van der Waals surface area contributed by atoms with E-state index in [1.165, 1.54) is 16.7 Å². The Hall–Kier alpha value is -1.39. The molecule has 2 aromatic rings. The monoisotopic (exact) mass is 362 g/mol. The molecule has 2 rings (SSSR count). The fraction of sp³-hybridized carbons (Fsp3) is 0.235. The molecule has 21 heavy (non-hydrogen) atoms. The van der Waals surface area contributed by atoms with Crippen LogP contribution in [0.1, 0.15) is 29.7 Å². The molecule has 2 nitrogen and oxygen atoms in total. The highest BCUT2D eigenvalue weighted by Gasteiger charge is 2.09. The molecule has 2 N–H and O–H groups in total. The molecule has 0 unspecified atom stereocenters. The van der Waals surface area contributed by atoms with E-state index in [2.05, 4.69) is 65.5 Å². The molecule has 110 valence electrons. The molecule has 4 heteroatoms. The number of nitrogens with one attached hydrogen (secondary N) is 2. The Bertz CT molecular complexity index is 638. The van der Waals surface area contributed by atoms with Crippen LogP contribution in [0.3, 0.4) is 0 Å². The van der Waals surface area contributed by atoms with Crippen LogP contribution >= 0.6 is 28.1 Å². The fourth-order valence-corrected chi connectivity index (χ4v) is 2.85. The van der Waals surface area contributed by atoms with Crippen LogP contribution in [0, 0.1) is 13.8 Å². The SMILES string of the molecule is Cc1ccc([C@@H](C)NC(=S)Nc2ccc(Br)cc2)c(C)c1. The molecule has 0 aliphatic carbocycles. The molecule has 0 aliphatic rings. The van der Waals surface area contributed by atoms with E-state index in [0.29, 0.717) is 5.11 Å². The molecule has 0 spiro atoms. The van der Waals surface area contributed by atoms with Crippen LogP contribution < -0.4 is 10.6 Å². The van der Waals surface area contributed by atoms with Gasteiger partial charge in [-0.15, -0.1) is 0 Å². The van der Waals surface area contributed by atoms with Gasteiger partial charge < -0.3 is 10.6 Å². The van der Waals surface area contributed by atoms with Crippen LogP contribution in [0.15, 0.2) is 46.9 Å². The van der Waals surface area contributed by atoms with Crippen molar-refractivity contribution in [3.05, 3.63) is 63.6 Å². The Morgan fingerprint density at radius 1 is 1.10 bits per heavy atom. The zero-order valence-electron chi connectivity index (χ0n) is 12.4. The van der Waals surface area contributed by atoms with E-state index in [4.69, 9.17) is 12.2 Å². The van der Waals surface area contributed by atoms with Crippen molar-refractivity contribution in [2.45, 2.75) is 26.8 Å². The van der Waals surface area contributed by atoms with Crippen LogP contribution in [-0.4, -0.2) is 5.11 Å². The third kappa shape index (κ3) is 4.55. The maximum Gasteiger partial charge on any atom is 0.171 e. The maximum absolute atomic E-state index is 5.38. The van der Waals surface area contributed by atoms with E-state index in [0.717, 1.165) is 10.2 Å². The van der Waals surface area contributed by atoms with Crippen LogP contribution in [-0.2, 0) is 0 Å². The summed E-state index contributed by atoms with van der Waals surface area (Å²) in [6.45, 7) is 6.35. The van der Waals surface area contributed by atoms with Crippen LogP contribution in [0.25, 0.3) is 0 Å². The molecule has 0 saturated carbocycles. The minimum Gasteiger partial charge on any atom is -0.356 e. The number of benzene rings is 2. The minimum absolute atomic E-state index is 0.168. The molecular formula is C17H19BrN2S. The number of rotatable bonds is 3. The molecule has 0 bridgehead atoms. The molecule has 0 heterocycles. The summed E-state index contributed by atoms with van der Waals surface area (Å²) in [4.78, 5) is 0. The largest absolute Gasteiger partial charge is 0.356 e. The summed E-state index contributed by atoms with van der Waals surface area (Å²) >= 11 is 8.80. The third-order valence-corrected chi connectivity index (χ3v) is 4.09. The summed E-state index contributed by atoms with van der Waals surface area (Å²) in [6, 6.07) is 14.6. The van der Waals surface area contributed by atoms with Gasteiger partial charge in [-0.25, -0.2) is 0 Å². The van der Waals surface area contributed by atoms with Gasteiger partial charge in [-0.1, -0.05) is 39.7 Å². The highest BCUT2D eigenvalue weighted by Crippen LogP contribution is 2.19. The molecule has 0 saturated heterocycles. The van der Waals surface area contributed by atoms with E-state index < -0.39 is 0 Å². The first-order valence-electron chi connectivity index (χ1n) is 6.86.